The summed E-state index contributed by atoms with van der Waals surface area (Å²) in [5.74, 6) is -4.69. The van der Waals surface area contributed by atoms with E-state index in [2.05, 4.69) is 0 Å². The van der Waals surface area contributed by atoms with E-state index in [0.717, 1.165) is 17.0 Å². The normalized spacial score (nSPS) is 17.2. The number of benzene rings is 3. The Bertz CT molecular complexity index is 1310. The summed E-state index contributed by atoms with van der Waals surface area (Å²) in [5.41, 5.74) is -0.543. The molecular formula is C25H19F2NO6. The van der Waals surface area contributed by atoms with Crippen molar-refractivity contribution in [1.29, 1.82) is 0 Å². The Morgan fingerprint density at radius 1 is 0.941 bits per heavy atom. The number of amides is 1. The Labute approximate surface area is 193 Å². The molecule has 2 N–H and O–H groups in total. The second-order valence-corrected chi connectivity index (χ2v) is 7.40. The van der Waals surface area contributed by atoms with Crippen molar-refractivity contribution in [2.75, 3.05) is 19.1 Å². The van der Waals surface area contributed by atoms with E-state index in [0.29, 0.717) is 6.07 Å². The van der Waals surface area contributed by atoms with E-state index in [4.69, 9.17) is 9.47 Å². The van der Waals surface area contributed by atoms with E-state index in [9.17, 15) is 28.6 Å². The number of ether oxygens (including phenoxy) is 2. The smallest absolute Gasteiger partial charge is 0.300 e. The molecule has 174 valence electrons. The van der Waals surface area contributed by atoms with E-state index >= 15 is 0 Å². The minimum Gasteiger partial charge on any atom is -0.508 e. The molecular weight excluding hydrogens is 448 g/mol. The zero-order valence-corrected chi connectivity index (χ0v) is 18.1. The second kappa shape index (κ2) is 8.86. The number of anilines is 1. The number of aliphatic hydroxyl groups is 1. The van der Waals surface area contributed by atoms with E-state index < -0.39 is 35.1 Å². The van der Waals surface area contributed by atoms with Gasteiger partial charge in [-0.25, -0.2) is 8.78 Å². The van der Waals surface area contributed by atoms with Crippen molar-refractivity contribution in [1.82, 2.24) is 0 Å². The highest BCUT2D eigenvalue weighted by atomic mass is 19.1. The van der Waals surface area contributed by atoms with Gasteiger partial charge in [0.25, 0.3) is 11.7 Å². The molecule has 1 saturated heterocycles. The van der Waals surface area contributed by atoms with Crippen molar-refractivity contribution in [2.45, 2.75) is 6.04 Å². The lowest BCUT2D eigenvalue weighted by Gasteiger charge is -2.26. The van der Waals surface area contributed by atoms with Gasteiger partial charge >= 0.3 is 0 Å². The number of halogens is 2. The number of hydrogen-bond donors (Lipinski definition) is 2. The molecule has 34 heavy (non-hydrogen) atoms. The van der Waals surface area contributed by atoms with Crippen LogP contribution < -0.4 is 14.4 Å². The number of Topliss-reactive ketones (excluding diaryl/α,β-unsaturated/α-hetero) is 1. The molecule has 3 aromatic carbocycles. The Morgan fingerprint density at radius 2 is 1.59 bits per heavy atom. The molecule has 0 radical (unpaired) electrons. The molecule has 1 aliphatic rings. The second-order valence-electron chi connectivity index (χ2n) is 7.40. The predicted octanol–water partition coefficient (Wildman–Crippen LogP) is 4.31. The van der Waals surface area contributed by atoms with Gasteiger partial charge in [0.1, 0.15) is 40.2 Å². The lowest BCUT2D eigenvalue weighted by molar-refractivity contribution is -0.132. The molecule has 1 unspecified atom stereocenters. The molecule has 1 aliphatic heterocycles. The summed E-state index contributed by atoms with van der Waals surface area (Å²) in [5, 5.41) is 21.3. The summed E-state index contributed by atoms with van der Waals surface area (Å²) in [6.45, 7) is 0. The largest absolute Gasteiger partial charge is 0.508 e. The Hall–Kier alpha value is -4.40. The highest BCUT2D eigenvalue weighted by Gasteiger charge is 2.48. The van der Waals surface area contributed by atoms with Crippen molar-refractivity contribution in [3.8, 4) is 17.2 Å². The molecule has 9 heteroatoms. The van der Waals surface area contributed by atoms with Crippen LogP contribution in [0.4, 0.5) is 14.5 Å². The summed E-state index contributed by atoms with van der Waals surface area (Å²) in [4.78, 5) is 27.1. The maximum atomic E-state index is 14.7. The maximum Gasteiger partial charge on any atom is 0.300 e. The van der Waals surface area contributed by atoms with Crippen LogP contribution in [0.3, 0.4) is 0 Å². The molecule has 0 saturated carbocycles. The van der Waals surface area contributed by atoms with E-state index in [1.807, 2.05) is 0 Å². The van der Waals surface area contributed by atoms with Gasteiger partial charge in [0.2, 0.25) is 0 Å². The first-order valence-corrected chi connectivity index (χ1v) is 10.0. The molecule has 0 aliphatic carbocycles. The van der Waals surface area contributed by atoms with Crippen molar-refractivity contribution in [3.63, 3.8) is 0 Å². The summed E-state index contributed by atoms with van der Waals surface area (Å²) in [6.07, 6.45) is 0. The van der Waals surface area contributed by atoms with Crippen molar-refractivity contribution >= 4 is 23.1 Å². The summed E-state index contributed by atoms with van der Waals surface area (Å²) in [6, 6.07) is 11.5. The van der Waals surface area contributed by atoms with Crippen LogP contribution in [0.5, 0.6) is 17.2 Å². The minimum absolute atomic E-state index is 0.00947. The Balaban J connectivity index is 2.04. The number of phenolic OH excluding ortho intramolecular Hbond substituents is 1. The number of carbonyl (C=O) groups excluding carboxylic acids is 2. The van der Waals surface area contributed by atoms with E-state index in [-0.39, 0.29) is 39.6 Å². The summed E-state index contributed by atoms with van der Waals surface area (Å²) < 4.78 is 38.9. The van der Waals surface area contributed by atoms with Gasteiger partial charge in [-0.15, -0.1) is 0 Å². The topological polar surface area (TPSA) is 96.3 Å². The zero-order valence-electron chi connectivity index (χ0n) is 18.1. The van der Waals surface area contributed by atoms with Crippen LogP contribution in [0, 0.1) is 11.6 Å². The zero-order chi connectivity index (χ0) is 24.6. The lowest BCUT2D eigenvalue weighted by Crippen LogP contribution is -2.30. The molecule has 3 aromatic rings. The number of rotatable bonds is 5. The Kier molecular flexibility index (Phi) is 5.93. The highest BCUT2D eigenvalue weighted by molar-refractivity contribution is 6.51. The van der Waals surface area contributed by atoms with Gasteiger partial charge in [0.15, 0.2) is 0 Å². The fraction of sp³-hybridized carbons (Fsp3) is 0.120. The molecule has 1 fully saturated rings. The number of carbonyl (C=O) groups is 2. The molecule has 0 aromatic heterocycles. The molecule has 1 amide bonds. The molecule has 4 rings (SSSR count). The van der Waals surface area contributed by atoms with Crippen LogP contribution in [0.1, 0.15) is 17.2 Å². The highest BCUT2D eigenvalue weighted by Crippen LogP contribution is 2.46. The summed E-state index contributed by atoms with van der Waals surface area (Å²) >= 11 is 0. The fourth-order valence-electron chi connectivity index (χ4n) is 3.99. The summed E-state index contributed by atoms with van der Waals surface area (Å²) in [7, 11) is 2.70. The number of aromatic hydroxyl groups is 1. The van der Waals surface area contributed by atoms with Crippen molar-refractivity contribution in [2.24, 2.45) is 0 Å². The maximum absolute atomic E-state index is 14.7. The number of aliphatic hydroxyl groups excluding tert-OH is 1. The lowest BCUT2D eigenvalue weighted by atomic mass is 9.94. The third-order valence-corrected chi connectivity index (χ3v) is 5.46. The van der Waals surface area contributed by atoms with Gasteiger partial charge in [0, 0.05) is 6.07 Å². The average molecular weight is 467 g/mol. The van der Waals surface area contributed by atoms with Crippen LogP contribution in [-0.2, 0) is 9.59 Å². The molecule has 0 spiro atoms. The predicted molar refractivity (Wildman–Crippen MR) is 119 cm³/mol. The first kappa shape index (κ1) is 22.8. The average Bonchev–Trinajstić information content (AvgIpc) is 3.08. The van der Waals surface area contributed by atoms with E-state index in [1.165, 1.54) is 50.6 Å². The minimum atomic E-state index is -1.35. The van der Waals surface area contributed by atoms with E-state index in [1.54, 1.807) is 6.07 Å². The first-order valence-electron chi connectivity index (χ1n) is 10.0. The van der Waals surface area contributed by atoms with Crippen LogP contribution >= 0.6 is 0 Å². The standard InChI is InChI=1S/C25H19F2NO6/c1-33-18-7-4-8-19(34-2)20(18)23(30)21-22(13-5-3-6-15(29)11-13)28(25(32)24(21)31)17-10-9-14(26)12-16(17)27/h3-12,22,29-30H,1-2H3/b23-21+. The number of nitrogens with zero attached hydrogens (tertiary/aromatic N) is 1. The number of ketones is 1. The van der Waals surface area contributed by atoms with Gasteiger partial charge in [-0.05, 0) is 42.0 Å². The van der Waals surface area contributed by atoms with Crippen LogP contribution in [-0.4, -0.2) is 36.1 Å². The van der Waals surface area contributed by atoms with Gasteiger partial charge in [-0.3, -0.25) is 14.5 Å². The van der Waals surface area contributed by atoms with Crippen LogP contribution in [0.2, 0.25) is 0 Å². The fourth-order valence-corrected chi connectivity index (χ4v) is 3.99. The molecule has 1 atom stereocenters. The molecule has 7 nitrogen and oxygen atoms in total. The molecule has 1 heterocycles. The van der Waals surface area contributed by atoms with Crippen LogP contribution in [0.25, 0.3) is 5.76 Å². The van der Waals surface area contributed by atoms with Crippen molar-refractivity contribution < 1.29 is 38.1 Å². The monoisotopic (exact) mass is 467 g/mol. The number of methoxy groups -OCH3 is 2. The third-order valence-electron chi connectivity index (χ3n) is 5.46. The van der Waals surface area contributed by atoms with Gasteiger partial charge < -0.3 is 19.7 Å². The van der Waals surface area contributed by atoms with Gasteiger partial charge in [0.05, 0.1) is 31.5 Å². The number of hydrogen-bond acceptors (Lipinski definition) is 6. The Morgan fingerprint density at radius 3 is 2.18 bits per heavy atom. The SMILES string of the molecule is COc1cccc(OC)c1/C(O)=C1\C(=O)C(=O)N(c2ccc(F)cc2F)C1c1cccc(O)c1. The third kappa shape index (κ3) is 3.71. The van der Waals surface area contributed by atoms with Crippen LogP contribution in [0.15, 0.2) is 66.2 Å². The quantitative estimate of drug-likeness (QED) is 0.330. The first-order chi connectivity index (χ1) is 16.3. The number of phenols is 1. The van der Waals surface area contributed by atoms with Gasteiger partial charge in [-0.2, -0.15) is 0 Å². The molecule has 0 bridgehead atoms. The van der Waals surface area contributed by atoms with Gasteiger partial charge in [-0.1, -0.05) is 18.2 Å². The van der Waals surface area contributed by atoms with Crippen molar-refractivity contribution in [3.05, 3.63) is 89.0 Å².